The van der Waals surface area contributed by atoms with Crippen molar-refractivity contribution in [3.63, 3.8) is 0 Å². The topological polar surface area (TPSA) is 16.1 Å². The van der Waals surface area contributed by atoms with E-state index in [-0.39, 0.29) is 11.0 Å². The molecule has 2 rings (SSSR count). The lowest BCUT2D eigenvalue weighted by Gasteiger charge is -2.20. The summed E-state index contributed by atoms with van der Waals surface area (Å²) in [5.41, 5.74) is 0.938. The maximum absolute atomic E-state index is 12.8. The predicted molar refractivity (Wildman–Crippen MR) is 77.8 cm³/mol. The normalized spacial score (nSPS) is 10.6. The molecule has 0 fully saturated rings. The average Bonchev–Trinajstić information content (AvgIpc) is 2.36. The lowest BCUT2D eigenvalue weighted by atomic mass is 10.2. The molecule has 0 saturated carbocycles. The minimum Gasteiger partial charge on any atom is -0.354 e. The molecular weight excluding hydrogens is 310 g/mol. The van der Waals surface area contributed by atoms with E-state index in [0.29, 0.717) is 22.4 Å². The number of hydrogen-bond acceptors (Lipinski definition) is 2. The Hall–Kier alpha value is -1.03. The fourth-order valence-corrected chi connectivity index (χ4v) is 2.28. The van der Waals surface area contributed by atoms with E-state index in [1.165, 1.54) is 12.1 Å². The summed E-state index contributed by atoms with van der Waals surface area (Å²) in [6.45, 7) is 0.533. The van der Waals surface area contributed by atoms with Crippen LogP contribution in [-0.4, -0.2) is 12.0 Å². The van der Waals surface area contributed by atoms with Gasteiger partial charge in [-0.2, -0.15) is 0 Å². The summed E-state index contributed by atoms with van der Waals surface area (Å²) in [6, 6.07) is 7.78. The number of rotatable bonds is 3. The average molecular weight is 320 g/mol. The van der Waals surface area contributed by atoms with Crippen LogP contribution in [-0.2, 0) is 6.54 Å². The van der Waals surface area contributed by atoms with E-state index >= 15 is 0 Å². The molecule has 0 saturated heterocycles. The Morgan fingerprint density at radius 2 is 1.74 bits per heavy atom. The standard InChI is InChI=1S/C13H10Cl3FN2/c1-19(7-8-2-4-9(17)5-3-8)13-11(15)6-10(14)12(16)18-13/h2-6H,7H2,1H3. The van der Waals surface area contributed by atoms with Crippen molar-refractivity contribution in [2.24, 2.45) is 0 Å². The summed E-state index contributed by atoms with van der Waals surface area (Å²) in [5, 5.41) is 0.927. The van der Waals surface area contributed by atoms with Crippen molar-refractivity contribution >= 4 is 40.6 Å². The van der Waals surface area contributed by atoms with Crippen molar-refractivity contribution in [3.8, 4) is 0 Å². The second kappa shape index (κ2) is 5.95. The number of nitrogens with zero attached hydrogens (tertiary/aromatic N) is 2. The van der Waals surface area contributed by atoms with Gasteiger partial charge in [-0.15, -0.1) is 0 Å². The highest BCUT2D eigenvalue weighted by Gasteiger charge is 2.12. The van der Waals surface area contributed by atoms with Crippen LogP contribution >= 0.6 is 34.8 Å². The van der Waals surface area contributed by atoms with Crippen molar-refractivity contribution in [2.75, 3.05) is 11.9 Å². The van der Waals surface area contributed by atoms with Gasteiger partial charge in [0.15, 0.2) is 0 Å². The van der Waals surface area contributed by atoms with E-state index in [9.17, 15) is 4.39 Å². The van der Waals surface area contributed by atoms with Gasteiger partial charge in [0.1, 0.15) is 16.8 Å². The third-order valence-electron chi connectivity index (χ3n) is 2.56. The van der Waals surface area contributed by atoms with Gasteiger partial charge in [-0.25, -0.2) is 9.37 Å². The van der Waals surface area contributed by atoms with E-state index in [4.69, 9.17) is 34.8 Å². The molecule has 0 radical (unpaired) electrons. The molecule has 1 aromatic heterocycles. The van der Waals surface area contributed by atoms with Crippen LogP contribution in [0.4, 0.5) is 10.2 Å². The van der Waals surface area contributed by atoms with E-state index < -0.39 is 0 Å². The molecule has 0 aliphatic carbocycles. The van der Waals surface area contributed by atoms with Gasteiger partial charge in [-0.05, 0) is 23.8 Å². The molecule has 0 unspecified atom stereocenters. The molecule has 100 valence electrons. The first-order chi connectivity index (χ1) is 8.97. The zero-order valence-corrected chi connectivity index (χ0v) is 12.3. The third kappa shape index (κ3) is 3.50. The first kappa shape index (κ1) is 14.4. The van der Waals surface area contributed by atoms with Gasteiger partial charge in [0.2, 0.25) is 0 Å². The Morgan fingerprint density at radius 1 is 1.11 bits per heavy atom. The van der Waals surface area contributed by atoms with Crippen LogP contribution in [0, 0.1) is 5.82 Å². The zero-order valence-electron chi connectivity index (χ0n) is 10.0. The highest BCUT2D eigenvalue weighted by atomic mass is 35.5. The molecule has 2 aromatic rings. The molecule has 0 spiro atoms. The Balaban J connectivity index is 2.22. The number of aromatic nitrogens is 1. The van der Waals surface area contributed by atoms with Crippen LogP contribution in [0.2, 0.25) is 15.2 Å². The summed E-state index contributed by atoms with van der Waals surface area (Å²) in [4.78, 5) is 5.96. The SMILES string of the molecule is CN(Cc1ccc(F)cc1)c1nc(Cl)c(Cl)cc1Cl. The Morgan fingerprint density at radius 3 is 2.37 bits per heavy atom. The Kier molecular flexibility index (Phi) is 4.50. The van der Waals surface area contributed by atoms with Crippen molar-refractivity contribution in [1.29, 1.82) is 0 Å². The van der Waals surface area contributed by atoms with Crippen LogP contribution in [0.1, 0.15) is 5.56 Å². The van der Waals surface area contributed by atoms with Crippen LogP contribution in [0.3, 0.4) is 0 Å². The lowest BCUT2D eigenvalue weighted by molar-refractivity contribution is 0.627. The number of anilines is 1. The van der Waals surface area contributed by atoms with Gasteiger partial charge in [-0.3, -0.25) is 0 Å². The minimum absolute atomic E-state index is 0.201. The molecule has 1 heterocycles. The molecule has 19 heavy (non-hydrogen) atoms. The van der Waals surface area contributed by atoms with Crippen molar-refractivity contribution in [1.82, 2.24) is 4.98 Å². The van der Waals surface area contributed by atoms with Crippen LogP contribution < -0.4 is 4.90 Å². The van der Waals surface area contributed by atoms with Crippen molar-refractivity contribution in [3.05, 3.63) is 56.9 Å². The fourth-order valence-electron chi connectivity index (χ4n) is 1.64. The van der Waals surface area contributed by atoms with E-state index in [2.05, 4.69) is 4.98 Å². The van der Waals surface area contributed by atoms with Gasteiger partial charge in [0.05, 0.1) is 10.0 Å². The molecule has 0 aliphatic rings. The number of benzene rings is 1. The number of pyridine rings is 1. The van der Waals surface area contributed by atoms with E-state index in [1.807, 2.05) is 11.9 Å². The second-order valence-corrected chi connectivity index (χ2v) is 5.22. The first-order valence-electron chi connectivity index (χ1n) is 5.44. The van der Waals surface area contributed by atoms with Gasteiger partial charge >= 0.3 is 0 Å². The first-order valence-corrected chi connectivity index (χ1v) is 6.58. The van der Waals surface area contributed by atoms with Crippen LogP contribution in [0.25, 0.3) is 0 Å². The molecule has 0 N–H and O–H groups in total. The maximum Gasteiger partial charge on any atom is 0.150 e. The number of halogens is 4. The van der Waals surface area contributed by atoms with Gasteiger partial charge < -0.3 is 4.90 Å². The van der Waals surface area contributed by atoms with Gasteiger partial charge in [-0.1, -0.05) is 46.9 Å². The van der Waals surface area contributed by atoms with E-state index in [1.54, 1.807) is 18.2 Å². The molecular formula is C13H10Cl3FN2. The largest absolute Gasteiger partial charge is 0.354 e. The van der Waals surface area contributed by atoms with Gasteiger partial charge in [0, 0.05) is 13.6 Å². The highest BCUT2D eigenvalue weighted by Crippen LogP contribution is 2.31. The summed E-state index contributed by atoms with van der Waals surface area (Å²) >= 11 is 17.8. The molecule has 0 aliphatic heterocycles. The van der Waals surface area contributed by atoms with Crippen molar-refractivity contribution in [2.45, 2.75) is 6.54 Å². The monoisotopic (exact) mass is 318 g/mol. The minimum atomic E-state index is -0.267. The van der Waals surface area contributed by atoms with Gasteiger partial charge in [0.25, 0.3) is 0 Å². The predicted octanol–water partition coefficient (Wildman–Crippen LogP) is 4.82. The summed E-state index contributed by atoms with van der Waals surface area (Å²) < 4.78 is 12.8. The molecule has 0 amide bonds. The fraction of sp³-hybridized carbons (Fsp3) is 0.154. The molecule has 2 nitrogen and oxygen atoms in total. The Bertz CT molecular complexity index is 587. The summed E-state index contributed by atoms with van der Waals surface area (Å²) in [6.07, 6.45) is 0. The van der Waals surface area contributed by atoms with Crippen LogP contribution in [0.5, 0.6) is 0 Å². The quantitative estimate of drug-likeness (QED) is 0.754. The lowest BCUT2D eigenvalue weighted by Crippen LogP contribution is -2.18. The highest BCUT2D eigenvalue weighted by molar-refractivity contribution is 6.42. The third-order valence-corrected chi connectivity index (χ3v) is 3.51. The smallest absolute Gasteiger partial charge is 0.150 e. The Labute approximate surface area is 125 Å². The number of hydrogen-bond donors (Lipinski definition) is 0. The summed E-state index contributed by atoms with van der Waals surface area (Å²) in [5.74, 6) is 0.262. The van der Waals surface area contributed by atoms with Crippen molar-refractivity contribution < 1.29 is 4.39 Å². The van der Waals surface area contributed by atoms with E-state index in [0.717, 1.165) is 5.56 Å². The summed E-state index contributed by atoms with van der Waals surface area (Å²) in [7, 11) is 1.82. The maximum atomic E-state index is 12.8. The molecule has 0 atom stereocenters. The molecule has 1 aromatic carbocycles. The second-order valence-electron chi connectivity index (χ2n) is 4.05. The molecule has 0 bridgehead atoms. The van der Waals surface area contributed by atoms with Crippen LogP contribution in [0.15, 0.2) is 30.3 Å². The molecule has 6 heteroatoms. The zero-order chi connectivity index (χ0) is 14.0.